The summed E-state index contributed by atoms with van der Waals surface area (Å²) in [5, 5.41) is 9.86. The predicted octanol–water partition coefficient (Wildman–Crippen LogP) is 1.31. The number of likely N-dealkylation sites (N-methyl/N-ethyl adjacent to an activating group) is 1. The van der Waals surface area contributed by atoms with Crippen LogP contribution in [-0.2, 0) is 4.74 Å². The standard InChI is InChI=1S/C14H23NO3/c1-12-6-4-5-7-14(12)18-11-13(16)10-15(2)8-9-17-3/h4-7,13,16H,8-11H2,1-3H3. The van der Waals surface area contributed by atoms with Crippen LogP contribution in [0.1, 0.15) is 5.56 Å². The molecule has 1 aromatic rings. The van der Waals surface area contributed by atoms with Gasteiger partial charge in [-0.05, 0) is 25.6 Å². The molecule has 0 bridgehead atoms. The summed E-state index contributed by atoms with van der Waals surface area (Å²) in [6, 6.07) is 7.81. The number of nitrogens with zero attached hydrogens (tertiary/aromatic N) is 1. The summed E-state index contributed by atoms with van der Waals surface area (Å²) in [6.45, 7) is 4.35. The van der Waals surface area contributed by atoms with Gasteiger partial charge < -0.3 is 19.5 Å². The molecule has 0 saturated heterocycles. The minimum absolute atomic E-state index is 0.308. The quantitative estimate of drug-likeness (QED) is 0.758. The van der Waals surface area contributed by atoms with E-state index in [1.807, 2.05) is 43.1 Å². The van der Waals surface area contributed by atoms with Gasteiger partial charge in [-0.3, -0.25) is 0 Å². The summed E-state index contributed by atoms with van der Waals surface area (Å²) in [6.07, 6.45) is -0.494. The van der Waals surface area contributed by atoms with E-state index in [-0.39, 0.29) is 0 Å². The lowest BCUT2D eigenvalue weighted by atomic mass is 10.2. The zero-order chi connectivity index (χ0) is 13.4. The highest BCUT2D eigenvalue weighted by molar-refractivity contribution is 5.31. The first-order valence-corrected chi connectivity index (χ1v) is 6.17. The summed E-state index contributed by atoms with van der Waals surface area (Å²) in [4.78, 5) is 2.02. The fourth-order valence-electron chi connectivity index (χ4n) is 1.66. The van der Waals surface area contributed by atoms with Crippen molar-refractivity contribution in [1.29, 1.82) is 0 Å². The Kier molecular flexibility index (Phi) is 6.72. The predicted molar refractivity (Wildman–Crippen MR) is 72.1 cm³/mol. The molecule has 4 heteroatoms. The molecule has 0 aliphatic carbocycles. The molecule has 0 amide bonds. The number of ether oxygens (including phenoxy) is 2. The van der Waals surface area contributed by atoms with Gasteiger partial charge in [0.15, 0.2) is 0 Å². The molecule has 0 aliphatic heterocycles. The van der Waals surface area contributed by atoms with Crippen molar-refractivity contribution in [1.82, 2.24) is 4.90 Å². The molecule has 0 fully saturated rings. The zero-order valence-electron chi connectivity index (χ0n) is 11.4. The Morgan fingerprint density at radius 2 is 2.06 bits per heavy atom. The van der Waals surface area contributed by atoms with E-state index < -0.39 is 6.10 Å². The first kappa shape index (κ1) is 15.0. The fraction of sp³-hybridized carbons (Fsp3) is 0.571. The van der Waals surface area contributed by atoms with Gasteiger partial charge in [-0.25, -0.2) is 0 Å². The van der Waals surface area contributed by atoms with E-state index >= 15 is 0 Å². The average molecular weight is 253 g/mol. The number of rotatable bonds is 8. The Morgan fingerprint density at radius 3 is 2.72 bits per heavy atom. The molecule has 4 nitrogen and oxygen atoms in total. The van der Waals surface area contributed by atoms with E-state index in [0.717, 1.165) is 17.9 Å². The molecule has 0 aliphatic rings. The summed E-state index contributed by atoms with van der Waals surface area (Å²) in [7, 11) is 3.63. The number of para-hydroxylation sites is 1. The highest BCUT2D eigenvalue weighted by Gasteiger charge is 2.09. The number of hydrogen-bond donors (Lipinski definition) is 1. The molecule has 0 saturated carbocycles. The second-order valence-electron chi connectivity index (χ2n) is 4.49. The Hall–Kier alpha value is -1.10. The van der Waals surface area contributed by atoms with E-state index in [2.05, 4.69) is 0 Å². The summed E-state index contributed by atoms with van der Waals surface area (Å²) in [5.41, 5.74) is 1.08. The third kappa shape index (κ3) is 5.49. The van der Waals surface area contributed by atoms with E-state index in [4.69, 9.17) is 9.47 Å². The van der Waals surface area contributed by atoms with Crippen molar-refractivity contribution in [2.24, 2.45) is 0 Å². The van der Waals surface area contributed by atoms with Gasteiger partial charge in [0.1, 0.15) is 18.5 Å². The minimum atomic E-state index is -0.494. The Labute approximate surface area is 109 Å². The van der Waals surface area contributed by atoms with Gasteiger partial charge in [0.05, 0.1) is 6.61 Å². The third-order valence-electron chi connectivity index (χ3n) is 2.72. The molecule has 1 unspecified atom stereocenters. The Bertz CT molecular complexity index is 344. The zero-order valence-corrected chi connectivity index (χ0v) is 11.4. The van der Waals surface area contributed by atoms with Gasteiger partial charge in [0.2, 0.25) is 0 Å². The van der Waals surface area contributed by atoms with Crippen molar-refractivity contribution < 1.29 is 14.6 Å². The number of methoxy groups -OCH3 is 1. The van der Waals surface area contributed by atoms with Crippen LogP contribution in [0.4, 0.5) is 0 Å². The number of aliphatic hydroxyl groups excluding tert-OH is 1. The summed E-state index contributed by atoms with van der Waals surface area (Å²) < 4.78 is 10.6. The SMILES string of the molecule is COCCN(C)CC(O)COc1ccccc1C. The highest BCUT2D eigenvalue weighted by Crippen LogP contribution is 2.16. The molecule has 0 spiro atoms. The Morgan fingerprint density at radius 1 is 1.33 bits per heavy atom. The molecule has 1 atom stereocenters. The van der Waals surface area contributed by atoms with Gasteiger partial charge in [-0.2, -0.15) is 0 Å². The second-order valence-corrected chi connectivity index (χ2v) is 4.49. The summed E-state index contributed by atoms with van der Waals surface area (Å²) >= 11 is 0. The van der Waals surface area contributed by atoms with Crippen molar-refractivity contribution in [2.75, 3.05) is 40.5 Å². The number of aliphatic hydroxyl groups is 1. The molecule has 0 aromatic heterocycles. The van der Waals surface area contributed by atoms with Crippen LogP contribution < -0.4 is 4.74 Å². The average Bonchev–Trinajstić information content (AvgIpc) is 2.35. The van der Waals surface area contributed by atoms with E-state index in [9.17, 15) is 5.11 Å². The van der Waals surface area contributed by atoms with Gasteiger partial charge >= 0.3 is 0 Å². The van der Waals surface area contributed by atoms with Crippen LogP contribution in [0.5, 0.6) is 5.75 Å². The molecule has 102 valence electrons. The third-order valence-corrected chi connectivity index (χ3v) is 2.72. The van der Waals surface area contributed by atoms with Crippen LogP contribution in [0.2, 0.25) is 0 Å². The maximum Gasteiger partial charge on any atom is 0.122 e. The van der Waals surface area contributed by atoms with Crippen molar-refractivity contribution in [3.05, 3.63) is 29.8 Å². The molecule has 1 rings (SSSR count). The number of hydrogen-bond acceptors (Lipinski definition) is 4. The van der Waals surface area contributed by atoms with Crippen LogP contribution in [0.25, 0.3) is 0 Å². The lowest BCUT2D eigenvalue weighted by Crippen LogP contribution is -2.34. The summed E-state index contributed by atoms with van der Waals surface area (Å²) in [5.74, 6) is 0.830. The second kappa shape index (κ2) is 8.08. The first-order chi connectivity index (χ1) is 8.63. The van der Waals surface area contributed by atoms with Gasteiger partial charge in [0.25, 0.3) is 0 Å². The van der Waals surface area contributed by atoms with Crippen molar-refractivity contribution >= 4 is 0 Å². The van der Waals surface area contributed by atoms with Gasteiger partial charge in [-0.15, -0.1) is 0 Å². The number of aryl methyl sites for hydroxylation is 1. The fourth-order valence-corrected chi connectivity index (χ4v) is 1.66. The lowest BCUT2D eigenvalue weighted by Gasteiger charge is -2.20. The minimum Gasteiger partial charge on any atom is -0.491 e. The molecule has 18 heavy (non-hydrogen) atoms. The van der Waals surface area contributed by atoms with Crippen LogP contribution >= 0.6 is 0 Å². The van der Waals surface area contributed by atoms with Crippen molar-refractivity contribution in [3.8, 4) is 5.75 Å². The smallest absolute Gasteiger partial charge is 0.122 e. The van der Waals surface area contributed by atoms with E-state index in [1.165, 1.54) is 0 Å². The topological polar surface area (TPSA) is 41.9 Å². The maximum absolute atomic E-state index is 9.86. The number of benzene rings is 1. The van der Waals surface area contributed by atoms with E-state index in [0.29, 0.717) is 19.8 Å². The molecule has 1 N–H and O–H groups in total. The molecular formula is C14H23NO3. The van der Waals surface area contributed by atoms with Gasteiger partial charge in [0, 0.05) is 20.2 Å². The highest BCUT2D eigenvalue weighted by atomic mass is 16.5. The van der Waals surface area contributed by atoms with E-state index in [1.54, 1.807) is 7.11 Å². The van der Waals surface area contributed by atoms with Crippen LogP contribution in [0.15, 0.2) is 24.3 Å². The maximum atomic E-state index is 9.86. The normalized spacial score (nSPS) is 12.7. The molecule has 0 radical (unpaired) electrons. The Balaban J connectivity index is 2.28. The first-order valence-electron chi connectivity index (χ1n) is 6.17. The van der Waals surface area contributed by atoms with Crippen LogP contribution in [0, 0.1) is 6.92 Å². The molecule has 1 aromatic carbocycles. The largest absolute Gasteiger partial charge is 0.491 e. The van der Waals surface area contributed by atoms with Crippen LogP contribution in [-0.4, -0.2) is 56.6 Å². The monoisotopic (exact) mass is 253 g/mol. The molecular weight excluding hydrogens is 230 g/mol. The molecule has 0 heterocycles. The van der Waals surface area contributed by atoms with Gasteiger partial charge in [-0.1, -0.05) is 18.2 Å². The van der Waals surface area contributed by atoms with Crippen LogP contribution in [0.3, 0.4) is 0 Å². The van der Waals surface area contributed by atoms with Crippen molar-refractivity contribution in [2.45, 2.75) is 13.0 Å². The van der Waals surface area contributed by atoms with Crippen molar-refractivity contribution in [3.63, 3.8) is 0 Å². The lowest BCUT2D eigenvalue weighted by molar-refractivity contribution is 0.0666.